The van der Waals surface area contributed by atoms with Crippen molar-refractivity contribution < 1.29 is 0 Å². The molecule has 0 aliphatic heterocycles. The van der Waals surface area contributed by atoms with E-state index in [4.69, 9.17) is 0 Å². The molecule has 3 nitrogen and oxygen atoms in total. The first-order valence-electron chi connectivity index (χ1n) is 6.68. The van der Waals surface area contributed by atoms with Gasteiger partial charge in [-0.2, -0.15) is 0 Å². The maximum absolute atomic E-state index is 4.50. The molecular weight excluding hydrogens is 210 g/mol. The molecule has 0 amide bonds. The fourth-order valence-corrected chi connectivity index (χ4v) is 2.00. The van der Waals surface area contributed by atoms with E-state index in [-0.39, 0.29) is 0 Å². The van der Waals surface area contributed by atoms with Crippen LogP contribution in [0.15, 0.2) is 18.3 Å². The standard InChI is InChI=1S/C14H25N3/c1-5-8-12(4)16-13-9-10-14(15-11-13)17(6-2)7-3/h9-12,16H,5-8H2,1-4H3. The minimum atomic E-state index is 0.515. The number of nitrogens with zero attached hydrogens (tertiary/aromatic N) is 2. The van der Waals surface area contributed by atoms with Gasteiger partial charge in [0.05, 0.1) is 11.9 Å². The van der Waals surface area contributed by atoms with Gasteiger partial charge in [0.2, 0.25) is 0 Å². The molecule has 1 unspecified atom stereocenters. The van der Waals surface area contributed by atoms with Crippen LogP contribution in [0.5, 0.6) is 0 Å². The van der Waals surface area contributed by atoms with Crippen molar-refractivity contribution in [3.8, 4) is 0 Å². The van der Waals surface area contributed by atoms with E-state index in [1.807, 2.05) is 6.20 Å². The molecule has 0 spiro atoms. The van der Waals surface area contributed by atoms with Crippen LogP contribution in [-0.4, -0.2) is 24.1 Å². The molecule has 1 heterocycles. The fraction of sp³-hybridized carbons (Fsp3) is 0.643. The summed E-state index contributed by atoms with van der Waals surface area (Å²) in [6.45, 7) is 10.7. The Morgan fingerprint density at radius 3 is 2.41 bits per heavy atom. The maximum Gasteiger partial charge on any atom is 0.128 e. The van der Waals surface area contributed by atoms with Crippen molar-refractivity contribution in [3.63, 3.8) is 0 Å². The van der Waals surface area contributed by atoms with Crippen LogP contribution in [0.1, 0.15) is 40.5 Å². The SMILES string of the molecule is CCCC(C)Nc1ccc(N(CC)CC)nc1. The van der Waals surface area contributed by atoms with E-state index in [0.29, 0.717) is 6.04 Å². The monoisotopic (exact) mass is 235 g/mol. The third-order valence-corrected chi connectivity index (χ3v) is 2.97. The van der Waals surface area contributed by atoms with Crippen LogP contribution < -0.4 is 10.2 Å². The molecule has 0 aliphatic carbocycles. The Morgan fingerprint density at radius 2 is 1.94 bits per heavy atom. The van der Waals surface area contributed by atoms with E-state index in [1.165, 1.54) is 12.8 Å². The normalized spacial score (nSPS) is 12.2. The van der Waals surface area contributed by atoms with Crippen molar-refractivity contribution in [2.24, 2.45) is 0 Å². The molecule has 96 valence electrons. The van der Waals surface area contributed by atoms with Crippen molar-refractivity contribution in [1.29, 1.82) is 0 Å². The number of anilines is 2. The number of hydrogen-bond acceptors (Lipinski definition) is 3. The highest BCUT2D eigenvalue weighted by Gasteiger charge is 2.04. The minimum absolute atomic E-state index is 0.515. The predicted octanol–water partition coefficient (Wildman–Crippen LogP) is 3.53. The van der Waals surface area contributed by atoms with Crippen LogP contribution >= 0.6 is 0 Å². The highest BCUT2D eigenvalue weighted by molar-refractivity contribution is 5.48. The van der Waals surface area contributed by atoms with Gasteiger partial charge in [-0.3, -0.25) is 0 Å². The number of hydrogen-bond donors (Lipinski definition) is 1. The summed E-state index contributed by atoms with van der Waals surface area (Å²) in [5, 5.41) is 3.46. The van der Waals surface area contributed by atoms with E-state index in [1.54, 1.807) is 0 Å². The molecule has 1 aromatic rings. The van der Waals surface area contributed by atoms with E-state index in [0.717, 1.165) is 24.6 Å². The second kappa shape index (κ2) is 7.15. The van der Waals surface area contributed by atoms with E-state index < -0.39 is 0 Å². The van der Waals surface area contributed by atoms with Crippen molar-refractivity contribution in [1.82, 2.24) is 4.98 Å². The molecular formula is C14H25N3. The second-order valence-electron chi connectivity index (χ2n) is 4.41. The predicted molar refractivity (Wildman–Crippen MR) is 75.8 cm³/mol. The number of nitrogens with one attached hydrogen (secondary N) is 1. The summed E-state index contributed by atoms with van der Waals surface area (Å²) in [4.78, 5) is 6.75. The topological polar surface area (TPSA) is 28.2 Å². The largest absolute Gasteiger partial charge is 0.381 e. The molecule has 0 bridgehead atoms. The summed E-state index contributed by atoms with van der Waals surface area (Å²) in [5.74, 6) is 1.06. The van der Waals surface area contributed by atoms with Crippen LogP contribution in [0.4, 0.5) is 11.5 Å². The Labute approximate surface area is 105 Å². The second-order valence-corrected chi connectivity index (χ2v) is 4.41. The summed E-state index contributed by atoms with van der Waals surface area (Å²) >= 11 is 0. The zero-order chi connectivity index (χ0) is 12.7. The first-order valence-corrected chi connectivity index (χ1v) is 6.68. The third kappa shape index (κ3) is 4.25. The van der Waals surface area contributed by atoms with Crippen molar-refractivity contribution in [2.75, 3.05) is 23.3 Å². The Hall–Kier alpha value is -1.25. The molecule has 0 saturated heterocycles. The number of rotatable bonds is 7. The van der Waals surface area contributed by atoms with Gasteiger partial charge < -0.3 is 10.2 Å². The Bertz CT molecular complexity index is 304. The molecule has 0 fully saturated rings. The van der Waals surface area contributed by atoms with Crippen LogP contribution in [0.3, 0.4) is 0 Å². The van der Waals surface area contributed by atoms with Crippen LogP contribution in [0.2, 0.25) is 0 Å². The lowest BCUT2D eigenvalue weighted by atomic mass is 10.2. The molecule has 0 saturated carbocycles. The van der Waals surface area contributed by atoms with Gasteiger partial charge in [0.15, 0.2) is 0 Å². The Balaban J connectivity index is 2.61. The molecule has 0 aliphatic rings. The minimum Gasteiger partial charge on any atom is -0.381 e. The molecule has 17 heavy (non-hydrogen) atoms. The lowest BCUT2D eigenvalue weighted by Gasteiger charge is -2.20. The fourth-order valence-electron chi connectivity index (χ4n) is 2.00. The van der Waals surface area contributed by atoms with Crippen molar-refractivity contribution in [2.45, 2.75) is 46.6 Å². The molecule has 1 atom stereocenters. The van der Waals surface area contributed by atoms with Crippen molar-refractivity contribution >= 4 is 11.5 Å². The lowest BCUT2D eigenvalue weighted by Crippen LogP contribution is -2.23. The van der Waals surface area contributed by atoms with Gasteiger partial charge in [0.25, 0.3) is 0 Å². The summed E-state index contributed by atoms with van der Waals surface area (Å²) < 4.78 is 0. The average molecular weight is 235 g/mol. The highest BCUT2D eigenvalue weighted by atomic mass is 15.2. The number of aromatic nitrogens is 1. The average Bonchev–Trinajstić information content (AvgIpc) is 2.33. The molecule has 0 aromatic carbocycles. The Kier molecular flexibility index (Phi) is 5.81. The van der Waals surface area contributed by atoms with E-state index in [2.05, 4.69) is 55.0 Å². The smallest absolute Gasteiger partial charge is 0.128 e. The maximum atomic E-state index is 4.50. The van der Waals surface area contributed by atoms with Crippen molar-refractivity contribution in [3.05, 3.63) is 18.3 Å². The summed E-state index contributed by atoms with van der Waals surface area (Å²) in [5.41, 5.74) is 1.11. The first-order chi connectivity index (χ1) is 8.21. The van der Waals surface area contributed by atoms with Gasteiger partial charge in [0.1, 0.15) is 5.82 Å². The van der Waals surface area contributed by atoms with Gasteiger partial charge in [-0.25, -0.2) is 4.98 Å². The molecule has 3 heteroatoms. The quantitative estimate of drug-likeness (QED) is 0.783. The van der Waals surface area contributed by atoms with Gasteiger partial charge in [-0.1, -0.05) is 13.3 Å². The molecule has 1 aromatic heterocycles. The van der Waals surface area contributed by atoms with Gasteiger partial charge in [0, 0.05) is 19.1 Å². The summed E-state index contributed by atoms with van der Waals surface area (Å²) in [6, 6.07) is 4.72. The van der Waals surface area contributed by atoms with Crippen LogP contribution in [0, 0.1) is 0 Å². The zero-order valence-corrected chi connectivity index (χ0v) is 11.5. The highest BCUT2D eigenvalue weighted by Crippen LogP contribution is 2.15. The summed E-state index contributed by atoms with van der Waals surface area (Å²) in [6.07, 6.45) is 4.33. The lowest BCUT2D eigenvalue weighted by molar-refractivity contribution is 0.690. The first kappa shape index (κ1) is 13.8. The van der Waals surface area contributed by atoms with Gasteiger partial charge >= 0.3 is 0 Å². The summed E-state index contributed by atoms with van der Waals surface area (Å²) in [7, 11) is 0. The van der Waals surface area contributed by atoms with Gasteiger partial charge in [-0.15, -0.1) is 0 Å². The zero-order valence-electron chi connectivity index (χ0n) is 11.5. The molecule has 1 N–H and O–H groups in total. The van der Waals surface area contributed by atoms with E-state index >= 15 is 0 Å². The molecule has 0 radical (unpaired) electrons. The van der Waals surface area contributed by atoms with Crippen LogP contribution in [0.25, 0.3) is 0 Å². The van der Waals surface area contributed by atoms with Crippen LogP contribution in [-0.2, 0) is 0 Å². The third-order valence-electron chi connectivity index (χ3n) is 2.97. The molecule has 1 rings (SSSR count). The van der Waals surface area contributed by atoms with Gasteiger partial charge in [-0.05, 0) is 39.3 Å². The number of pyridine rings is 1. The van der Waals surface area contributed by atoms with E-state index in [9.17, 15) is 0 Å². The Morgan fingerprint density at radius 1 is 1.24 bits per heavy atom.